The number of halogens is 1. The summed E-state index contributed by atoms with van der Waals surface area (Å²) in [6, 6.07) is 11.8. The molecule has 7 heteroatoms. The van der Waals surface area contributed by atoms with Gasteiger partial charge < -0.3 is 10.6 Å². The maximum atomic E-state index is 4.42. The van der Waals surface area contributed by atoms with E-state index in [9.17, 15) is 0 Å². The van der Waals surface area contributed by atoms with Crippen LogP contribution < -0.4 is 10.6 Å². The molecule has 2 N–H and O–H groups in total. The summed E-state index contributed by atoms with van der Waals surface area (Å²) in [5.41, 5.74) is 1.39. The third kappa shape index (κ3) is 7.00. The summed E-state index contributed by atoms with van der Waals surface area (Å²) in [4.78, 5) is 12.7. The Morgan fingerprint density at radius 2 is 2.11 bits per heavy atom. The molecule has 1 aliphatic heterocycles. The molecule has 0 amide bonds. The maximum absolute atomic E-state index is 4.42. The summed E-state index contributed by atoms with van der Waals surface area (Å²) in [7, 11) is 1.84. The van der Waals surface area contributed by atoms with Gasteiger partial charge >= 0.3 is 0 Å². The van der Waals surface area contributed by atoms with Gasteiger partial charge in [-0.2, -0.15) is 0 Å². The first kappa shape index (κ1) is 23.1. The normalized spacial score (nSPS) is 20.5. The second kappa shape index (κ2) is 11.7. The molecule has 0 bridgehead atoms. The van der Waals surface area contributed by atoms with Crippen molar-refractivity contribution in [2.45, 2.75) is 51.7 Å². The highest BCUT2D eigenvalue weighted by molar-refractivity contribution is 14.0. The fraction of sp³-hybridized carbons (Fsp3) is 0.524. The standard InChI is InChI=1S/C21H31N5S.HI/c1-16-13-19(10-12-26(16)15-18-7-5-4-6-8-18)25-21(22-3)23-11-9-20-24-14-17(2)27-20;/h4-8,14,16,19H,9-13,15H2,1-3H3,(H2,22,23,25);1H. The smallest absolute Gasteiger partial charge is 0.191 e. The highest BCUT2D eigenvalue weighted by atomic mass is 127. The van der Waals surface area contributed by atoms with Gasteiger partial charge in [0.15, 0.2) is 5.96 Å². The second-order valence-corrected chi connectivity index (χ2v) is 8.60. The van der Waals surface area contributed by atoms with E-state index < -0.39 is 0 Å². The molecule has 2 aromatic rings. The number of aryl methyl sites for hydroxylation is 1. The SMILES string of the molecule is CN=C(NCCc1ncc(C)s1)NC1CCN(Cc2ccccc2)C(C)C1.I. The van der Waals surface area contributed by atoms with Gasteiger partial charge in [0.25, 0.3) is 0 Å². The van der Waals surface area contributed by atoms with Crippen LogP contribution in [0, 0.1) is 6.92 Å². The molecule has 0 aliphatic carbocycles. The van der Waals surface area contributed by atoms with Gasteiger partial charge in [-0.05, 0) is 32.3 Å². The van der Waals surface area contributed by atoms with E-state index in [1.165, 1.54) is 15.4 Å². The Kier molecular flexibility index (Phi) is 9.67. The number of hydrogen-bond acceptors (Lipinski definition) is 4. The summed E-state index contributed by atoms with van der Waals surface area (Å²) in [5.74, 6) is 0.900. The molecule has 0 saturated carbocycles. The maximum Gasteiger partial charge on any atom is 0.191 e. The molecule has 1 aromatic carbocycles. The van der Waals surface area contributed by atoms with E-state index in [2.05, 4.69) is 69.7 Å². The van der Waals surface area contributed by atoms with E-state index >= 15 is 0 Å². The molecule has 2 atom stereocenters. The van der Waals surface area contributed by atoms with Crippen molar-refractivity contribution in [3.63, 3.8) is 0 Å². The van der Waals surface area contributed by atoms with Gasteiger partial charge in [0.05, 0.1) is 5.01 Å². The van der Waals surface area contributed by atoms with E-state index in [1.807, 2.05) is 13.2 Å². The van der Waals surface area contributed by atoms with Crippen molar-refractivity contribution in [3.05, 3.63) is 52.0 Å². The zero-order valence-corrected chi connectivity index (χ0v) is 20.2. The largest absolute Gasteiger partial charge is 0.356 e. The van der Waals surface area contributed by atoms with Crippen LogP contribution in [0.5, 0.6) is 0 Å². The predicted octanol–water partition coefficient (Wildman–Crippen LogP) is 3.83. The van der Waals surface area contributed by atoms with Gasteiger partial charge in [-0.25, -0.2) is 4.98 Å². The van der Waals surface area contributed by atoms with Gasteiger partial charge in [0.1, 0.15) is 0 Å². The molecule has 154 valence electrons. The Morgan fingerprint density at radius 3 is 2.75 bits per heavy atom. The van der Waals surface area contributed by atoms with Crippen LogP contribution in [0.15, 0.2) is 41.5 Å². The fourth-order valence-corrected chi connectivity index (χ4v) is 4.38. The lowest BCUT2D eigenvalue weighted by Gasteiger charge is -2.38. The molecule has 2 heterocycles. The van der Waals surface area contributed by atoms with Crippen molar-refractivity contribution in [2.75, 3.05) is 20.1 Å². The highest BCUT2D eigenvalue weighted by Gasteiger charge is 2.25. The third-order valence-electron chi connectivity index (χ3n) is 5.11. The van der Waals surface area contributed by atoms with Crippen LogP contribution in [-0.4, -0.2) is 48.1 Å². The van der Waals surface area contributed by atoms with Crippen LogP contribution >= 0.6 is 35.3 Å². The van der Waals surface area contributed by atoms with Crippen LogP contribution in [-0.2, 0) is 13.0 Å². The van der Waals surface area contributed by atoms with Crippen LogP contribution in [0.1, 0.15) is 35.2 Å². The number of guanidine groups is 1. The number of aliphatic imine (C=N–C) groups is 1. The highest BCUT2D eigenvalue weighted by Crippen LogP contribution is 2.20. The van der Waals surface area contributed by atoms with E-state index in [0.29, 0.717) is 12.1 Å². The molecule has 28 heavy (non-hydrogen) atoms. The van der Waals surface area contributed by atoms with Crippen LogP contribution in [0.25, 0.3) is 0 Å². The number of aromatic nitrogens is 1. The van der Waals surface area contributed by atoms with E-state index in [-0.39, 0.29) is 24.0 Å². The van der Waals surface area contributed by atoms with Crippen LogP contribution in [0.2, 0.25) is 0 Å². The molecule has 2 unspecified atom stereocenters. The first-order valence-electron chi connectivity index (χ1n) is 9.80. The zero-order chi connectivity index (χ0) is 19.1. The topological polar surface area (TPSA) is 52.6 Å². The zero-order valence-electron chi connectivity index (χ0n) is 17.0. The summed E-state index contributed by atoms with van der Waals surface area (Å²) >= 11 is 1.77. The second-order valence-electron chi connectivity index (χ2n) is 7.28. The number of nitrogens with zero attached hydrogens (tertiary/aromatic N) is 3. The van der Waals surface area contributed by atoms with Crippen molar-refractivity contribution in [3.8, 4) is 0 Å². The van der Waals surface area contributed by atoms with Crippen molar-refractivity contribution < 1.29 is 0 Å². The number of thiazole rings is 1. The summed E-state index contributed by atoms with van der Waals surface area (Å²) < 4.78 is 0. The Labute approximate surface area is 190 Å². The lowest BCUT2D eigenvalue weighted by Crippen LogP contribution is -2.51. The van der Waals surface area contributed by atoms with Gasteiger partial charge in [-0.3, -0.25) is 9.89 Å². The molecule has 1 aliphatic rings. The lowest BCUT2D eigenvalue weighted by atomic mass is 9.97. The molecule has 3 rings (SSSR count). The number of piperidine rings is 1. The lowest BCUT2D eigenvalue weighted by molar-refractivity contribution is 0.134. The predicted molar refractivity (Wildman–Crippen MR) is 130 cm³/mol. The summed E-state index contributed by atoms with van der Waals surface area (Å²) in [6.07, 6.45) is 5.16. The van der Waals surface area contributed by atoms with Crippen molar-refractivity contribution in [1.29, 1.82) is 0 Å². The molecule has 0 spiro atoms. The Hall–Kier alpha value is -1.19. The average molecular weight is 513 g/mol. The van der Waals surface area contributed by atoms with E-state index in [0.717, 1.165) is 44.9 Å². The van der Waals surface area contributed by atoms with Crippen molar-refractivity contribution >= 4 is 41.3 Å². The number of nitrogens with one attached hydrogen (secondary N) is 2. The van der Waals surface area contributed by atoms with Gasteiger partial charge in [-0.15, -0.1) is 35.3 Å². The number of likely N-dealkylation sites (tertiary alicyclic amines) is 1. The minimum atomic E-state index is 0. The first-order chi connectivity index (χ1) is 13.1. The minimum absolute atomic E-state index is 0. The van der Waals surface area contributed by atoms with Crippen LogP contribution in [0.3, 0.4) is 0 Å². The molecule has 1 aromatic heterocycles. The molecule has 1 fully saturated rings. The monoisotopic (exact) mass is 513 g/mol. The molecular formula is C21H32IN5S. The summed E-state index contributed by atoms with van der Waals surface area (Å²) in [5, 5.41) is 8.22. The molecule has 0 radical (unpaired) electrons. The van der Waals surface area contributed by atoms with E-state index in [4.69, 9.17) is 0 Å². The van der Waals surface area contributed by atoms with Crippen molar-refractivity contribution in [1.82, 2.24) is 20.5 Å². The van der Waals surface area contributed by atoms with Crippen LogP contribution in [0.4, 0.5) is 0 Å². The Bertz CT molecular complexity index is 733. The van der Waals surface area contributed by atoms with Gasteiger partial charge in [0, 0.05) is 56.3 Å². The first-order valence-corrected chi connectivity index (χ1v) is 10.6. The van der Waals surface area contributed by atoms with Gasteiger partial charge in [-0.1, -0.05) is 30.3 Å². The molecule has 5 nitrogen and oxygen atoms in total. The average Bonchev–Trinajstić information content (AvgIpc) is 3.09. The number of hydrogen-bond donors (Lipinski definition) is 2. The van der Waals surface area contributed by atoms with Gasteiger partial charge in [0.2, 0.25) is 0 Å². The summed E-state index contributed by atoms with van der Waals surface area (Å²) in [6.45, 7) is 7.44. The minimum Gasteiger partial charge on any atom is -0.356 e. The quantitative estimate of drug-likeness (QED) is 0.350. The number of rotatable bonds is 6. The molecular weight excluding hydrogens is 481 g/mol. The Balaban J connectivity index is 0.00000280. The third-order valence-corrected chi connectivity index (χ3v) is 6.08. The van der Waals surface area contributed by atoms with Crippen molar-refractivity contribution in [2.24, 2.45) is 4.99 Å². The Morgan fingerprint density at radius 1 is 1.32 bits per heavy atom. The van der Waals surface area contributed by atoms with E-state index in [1.54, 1.807) is 11.3 Å². The number of benzene rings is 1. The fourth-order valence-electron chi connectivity index (χ4n) is 3.60. The molecule has 1 saturated heterocycles.